The molecule has 0 unspecified atom stereocenters. The number of hydrogen-bond acceptors (Lipinski definition) is 4. The number of hydrogen-bond donors (Lipinski definition) is 5. The highest BCUT2D eigenvalue weighted by Gasteiger charge is 2.29. The molecule has 0 spiro atoms. The van der Waals surface area contributed by atoms with Gasteiger partial charge in [0.05, 0.1) is 6.04 Å². The predicted molar refractivity (Wildman–Crippen MR) is 88.9 cm³/mol. The number of nitrogens with two attached hydrogens (primary N) is 2. The predicted octanol–water partition coefficient (Wildman–Crippen LogP) is 0.660. The van der Waals surface area contributed by atoms with Crippen molar-refractivity contribution in [3.8, 4) is 0 Å². The van der Waals surface area contributed by atoms with Crippen LogP contribution in [0.4, 0.5) is 26.7 Å². The fraction of sp³-hybridized carbons (Fsp3) is 0.438. The topological polar surface area (TPSA) is 148 Å². The average Bonchev–Trinajstić information content (AvgIpc) is 2.66. The zero-order valence-corrected chi connectivity index (χ0v) is 14.9. The molecule has 2 atom stereocenters. The molecule has 162 valence electrons. The van der Waals surface area contributed by atoms with Crippen molar-refractivity contribution in [3.05, 3.63) is 34.6 Å². The maximum atomic E-state index is 13.7. The molecule has 0 fully saturated rings. The van der Waals surface area contributed by atoms with Crippen LogP contribution in [0.2, 0.25) is 0 Å². The number of carbonyl (C=O) groups excluding carboxylic acids is 2. The van der Waals surface area contributed by atoms with Gasteiger partial charge in [-0.25, -0.2) is 26.7 Å². The molecule has 0 bridgehead atoms. The molecule has 0 aliphatic rings. The SMILES string of the molecule is NC(=O)[C@H](CCCCNC(=O)O)NC(=O)[C@@H](N)Cc1c(F)c(F)c(F)c(F)c1F. The van der Waals surface area contributed by atoms with Gasteiger partial charge in [-0.05, 0) is 19.3 Å². The molecule has 0 aliphatic carbocycles. The number of benzene rings is 1. The molecule has 1 aromatic carbocycles. The van der Waals surface area contributed by atoms with Crippen molar-refractivity contribution in [2.75, 3.05) is 6.54 Å². The summed E-state index contributed by atoms with van der Waals surface area (Å²) < 4.78 is 66.8. The van der Waals surface area contributed by atoms with Crippen molar-refractivity contribution in [2.24, 2.45) is 11.5 Å². The summed E-state index contributed by atoms with van der Waals surface area (Å²) in [5, 5.41) is 12.6. The lowest BCUT2D eigenvalue weighted by molar-refractivity contribution is -0.128. The van der Waals surface area contributed by atoms with Gasteiger partial charge in [0, 0.05) is 18.5 Å². The minimum atomic E-state index is -2.34. The van der Waals surface area contributed by atoms with E-state index in [9.17, 15) is 36.3 Å². The van der Waals surface area contributed by atoms with Crippen LogP contribution in [0, 0.1) is 29.1 Å². The number of primary amides is 1. The summed E-state index contributed by atoms with van der Waals surface area (Å²) in [7, 11) is 0. The van der Waals surface area contributed by atoms with Crippen LogP contribution in [0.3, 0.4) is 0 Å². The molecule has 0 saturated carbocycles. The number of carbonyl (C=O) groups is 3. The third kappa shape index (κ3) is 6.55. The van der Waals surface area contributed by atoms with E-state index >= 15 is 0 Å². The first-order chi connectivity index (χ1) is 13.5. The number of amides is 3. The Hall–Kier alpha value is -2.96. The molecule has 13 heteroatoms. The summed E-state index contributed by atoms with van der Waals surface area (Å²) in [5.41, 5.74) is 9.35. The van der Waals surface area contributed by atoms with E-state index in [1.807, 2.05) is 0 Å². The Labute approximate surface area is 161 Å². The van der Waals surface area contributed by atoms with Crippen molar-refractivity contribution in [3.63, 3.8) is 0 Å². The van der Waals surface area contributed by atoms with E-state index in [4.69, 9.17) is 16.6 Å². The van der Waals surface area contributed by atoms with E-state index in [1.165, 1.54) is 0 Å². The van der Waals surface area contributed by atoms with Crippen LogP contribution in [0.25, 0.3) is 0 Å². The third-order valence-electron chi connectivity index (χ3n) is 3.92. The zero-order chi connectivity index (χ0) is 22.3. The van der Waals surface area contributed by atoms with Gasteiger partial charge in [0.1, 0.15) is 6.04 Å². The number of unbranched alkanes of at least 4 members (excludes halogenated alkanes) is 1. The Morgan fingerprint density at radius 3 is 1.93 bits per heavy atom. The van der Waals surface area contributed by atoms with Gasteiger partial charge in [0.25, 0.3) is 0 Å². The molecule has 0 aromatic heterocycles. The lowest BCUT2D eigenvalue weighted by atomic mass is 10.0. The smallest absolute Gasteiger partial charge is 0.404 e. The fourth-order valence-corrected chi connectivity index (χ4v) is 2.38. The first-order valence-electron chi connectivity index (χ1n) is 8.29. The fourth-order valence-electron chi connectivity index (χ4n) is 2.38. The molecule has 0 saturated heterocycles. The average molecular weight is 426 g/mol. The van der Waals surface area contributed by atoms with Crippen LogP contribution in [0.15, 0.2) is 0 Å². The summed E-state index contributed by atoms with van der Waals surface area (Å²) in [6, 6.07) is -2.96. The summed E-state index contributed by atoms with van der Waals surface area (Å²) in [4.78, 5) is 33.8. The van der Waals surface area contributed by atoms with Crippen LogP contribution in [-0.2, 0) is 16.0 Å². The Kier molecular flexibility index (Phi) is 8.76. The second kappa shape index (κ2) is 10.5. The molecule has 29 heavy (non-hydrogen) atoms. The summed E-state index contributed by atoms with van der Waals surface area (Å²) in [6.45, 7) is 0.0918. The Balaban J connectivity index is 2.75. The molecule has 1 rings (SSSR count). The highest BCUT2D eigenvalue weighted by Crippen LogP contribution is 2.23. The van der Waals surface area contributed by atoms with Crippen molar-refractivity contribution < 1.29 is 41.4 Å². The van der Waals surface area contributed by atoms with E-state index in [0.717, 1.165) is 0 Å². The first-order valence-corrected chi connectivity index (χ1v) is 8.29. The summed E-state index contributed by atoms with van der Waals surface area (Å²) in [5.74, 6) is -12.9. The Morgan fingerprint density at radius 2 is 1.45 bits per heavy atom. The molecule has 0 aliphatic heterocycles. The summed E-state index contributed by atoms with van der Waals surface area (Å²) in [6.07, 6.45) is -1.64. The second-order valence-electron chi connectivity index (χ2n) is 6.05. The number of rotatable bonds is 10. The molecule has 0 radical (unpaired) electrons. The van der Waals surface area contributed by atoms with Gasteiger partial charge in [-0.1, -0.05) is 0 Å². The van der Waals surface area contributed by atoms with Gasteiger partial charge in [0.15, 0.2) is 23.3 Å². The van der Waals surface area contributed by atoms with Gasteiger partial charge in [-0.2, -0.15) is 0 Å². The molecule has 1 aromatic rings. The first kappa shape index (κ1) is 24.1. The van der Waals surface area contributed by atoms with Gasteiger partial charge in [-0.15, -0.1) is 0 Å². The zero-order valence-electron chi connectivity index (χ0n) is 14.9. The maximum absolute atomic E-state index is 13.7. The van der Waals surface area contributed by atoms with Crippen LogP contribution >= 0.6 is 0 Å². The largest absolute Gasteiger partial charge is 0.465 e. The molecule has 3 amide bonds. The number of halogens is 5. The lowest BCUT2D eigenvalue weighted by Crippen LogP contribution is -2.51. The minimum Gasteiger partial charge on any atom is -0.465 e. The van der Waals surface area contributed by atoms with Crippen molar-refractivity contribution in [1.82, 2.24) is 10.6 Å². The van der Waals surface area contributed by atoms with Gasteiger partial charge in [0.2, 0.25) is 17.6 Å². The summed E-state index contributed by atoms with van der Waals surface area (Å²) >= 11 is 0. The quantitative estimate of drug-likeness (QED) is 0.161. The van der Waals surface area contributed by atoms with Gasteiger partial charge >= 0.3 is 6.09 Å². The molecule has 0 heterocycles. The maximum Gasteiger partial charge on any atom is 0.404 e. The standard InChI is InChI=1S/C16H19F5N4O4/c17-9-6(10(18)12(20)13(21)11(9)19)5-7(22)15(27)25-8(14(23)26)3-1-2-4-24-16(28)29/h7-8,24H,1-5,22H2,(H2,23,26)(H,25,27)(H,28,29)/t7-,8-/m0/s1. The normalized spacial score (nSPS) is 12.9. The van der Waals surface area contributed by atoms with E-state index < -0.39 is 71.1 Å². The van der Waals surface area contributed by atoms with Crippen LogP contribution in [-0.4, -0.2) is 41.6 Å². The van der Waals surface area contributed by atoms with E-state index in [1.54, 1.807) is 0 Å². The van der Waals surface area contributed by atoms with E-state index in [-0.39, 0.29) is 19.4 Å². The Morgan fingerprint density at radius 1 is 0.931 bits per heavy atom. The van der Waals surface area contributed by atoms with Gasteiger partial charge < -0.3 is 27.2 Å². The van der Waals surface area contributed by atoms with Crippen LogP contribution in [0.5, 0.6) is 0 Å². The van der Waals surface area contributed by atoms with E-state index in [2.05, 4.69) is 10.6 Å². The molecular weight excluding hydrogens is 407 g/mol. The van der Waals surface area contributed by atoms with Crippen molar-refractivity contribution >= 4 is 17.9 Å². The third-order valence-corrected chi connectivity index (χ3v) is 3.92. The van der Waals surface area contributed by atoms with Crippen LogP contribution in [0.1, 0.15) is 24.8 Å². The molecule has 7 N–H and O–H groups in total. The van der Waals surface area contributed by atoms with Gasteiger partial charge in [-0.3, -0.25) is 9.59 Å². The minimum absolute atomic E-state index is 0.0115. The van der Waals surface area contributed by atoms with Crippen LogP contribution < -0.4 is 22.1 Å². The number of carboxylic acid groups (broad SMARTS) is 1. The van der Waals surface area contributed by atoms with Crippen molar-refractivity contribution in [1.29, 1.82) is 0 Å². The molecule has 8 nitrogen and oxygen atoms in total. The second-order valence-corrected chi connectivity index (χ2v) is 6.05. The molecular formula is C16H19F5N4O4. The monoisotopic (exact) mass is 426 g/mol. The Bertz CT molecular complexity index is 764. The van der Waals surface area contributed by atoms with E-state index in [0.29, 0.717) is 6.42 Å². The van der Waals surface area contributed by atoms with Crippen molar-refractivity contribution in [2.45, 2.75) is 37.8 Å². The number of nitrogens with one attached hydrogen (secondary N) is 2. The highest BCUT2D eigenvalue weighted by atomic mass is 19.2. The lowest BCUT2D eigenvalue weighted by Gasteiger charge is -2.19. The highest BCUT2D eigenvalue weighted by molar-refractivity contribution is 5.89.